The average molecular weight is 410 g/mol. The number of hydrogen-bond donors (Lipinski definition) is 0. The number of hydrogen-bond acceptors (Lipinski definition) is 3. The molecule has 0 bridgehead atoms. The van der Waals surface area contributed by atoms with Crippen molar-refractivity contribution in [3.05, 3.63) is 64.7 Å². The van der Waals surface area contributed by atoms with Crippen molar-refractivity contribution >= 4 is 33.8 Å². The summed E-state index contributed by atoms with van der Waals surface area (Å²) < 4.78 is 2.34. The lowest BCUT2D eigenvalue weighted by Gasteiger charge is -2.18. The second kappa shape index (κ2) is 8.08. The zero-order valence-electron chi connectivity index (χ0n) is 16.4. The van der Waals surface area contributed by atoms with Gasteiger partial charge in [-0.15, -0.1) is 0 Å². The Balaban J connectivity index is 1.78. The molecule has 3 nitrogen and oxygen atoms in total. The van der Waals surface area contributed by atoms with Gasteiger partial charge < -0.3 is 9.47 Å². The van der Waals surface area contributed by atoms with E-state index in [1.165, 1.54) is 22.0 Å². The van der Waals surface area contributed by atoms with Gasteiger partial charge in [0, 0.05) is 58.8 Å². The Morgan fingerprint density at radius 1 is 1.11 bits per heavy atom. The Morgan fingerprint density at radius 3 is 2.68 bits per heavy atom. The van der Waals surface area contributed by atoms with Crippen molar-refractivity contribution in [3.63, 3.8) is 0 Å². The highest BCUT2D eigenvalue weighted by Crippen LogP contribution is 2.34. The van der Waals surface area contributed by atoms with Gasteiger partial charge >= 0.3 is 0 Å². The second-order valence-corrected chi connectivity index (χ2v) is 8.91. The van der Waals surface area contributed by atoms with Crippen LogP contribution in [0.2, 0.25) is 5.02 Å². The number of aromatic nitrogens is 2. The minimum absolute atomic E-state index is 0.535. The molecule has 0 aliphatic carbocycles. The summed E-state index contributed by atoms with van der Waals surface area (Å²) in [6, 6.07) is 10.5. The fourth-order valence-electron chi connectivity index (χ4n) is 3.84. The number of rotatable bonds is 6. The summed E-state index contributed by atoms with van der Waals surface area (Å²) in [7, 11) is 4.24. The van der Waals surface area contributed by atoms with Crippen molar-refractivity contribution in [3.8, 4) is 22.3 Å². The lowest BCUT2D eigenvalue weighted by Crippen LogP contribution is -2.22. The van der Waals surface area contributed by atoms with Gasteiger partial charge in [-0.25, -0.2) is 0 Å². The van der Waals surface area contributed by atoms with Crippen molar-refractivity contribution in [2.75, 3.05) is 20.6 Å². The highest BCUT2D eigenvalue weighted by atomic mass is 35.5. The maximum atomic E-state index is 6.33. The first-order chi connectivity index (χ1) is 13.5. The third-order valence-electron chi connectivity index (χ3n) is 4.93. The van der Waals surface area contributed by atoms with E-state index in [1.807, 2.05) is 18.5 Å². The lowest BCUT2D eigenvalue weighted by molar-refractivity contribution is 0.318. The summed E-state index contributed by atoms with van der Waals surface area (Å²) >= 11 is 8.03. The first-order valence-electron chi connectivity index (χ1n) is 9.42. The zero-order valence-corrected chi connectivity index (χ0v) is 18.0. The number of thiophene rings is 1. The van der Waals surface area contributed by atoms with Crippen molar-refractivity contribution < 1.29 is 0 Å². The van der Waals surface area contributed by atoms with E-state index in [1.54, 1.807) is 11.3 Å². The van der Waals surface area contributed by atoms with Crippen LogP contribution in [0.5, 0.6) is 0 Å². The van der Waals surface area contributed by atoms with Crippen LogP contribution in [-0.2, 0) is 6.54 Å². The predicted molar refractivity (Wildman–Crippen MR) is 121 cm³/mol. The molecule has 28 heavy (non-hydrogen) atoms. The first kappa shape index (κ1) is 19.2. The van der Waals surface area contributed by atoms with E-state index in [0.717, 1.165) is 29.2 Å². The smallest absolute Gasteiger partial charge is 0.0501 e. The van der Waals surface area contributed by atoms with E-state index in [4.69, 9.17) is 11.6 Å². The number of halogens is 1. The molecule has 0 aliphatic heterocycles. The molecular weight excluding hydrogens is 386 g/mol. The molecule has 5 heteroatoms. The monoisotopic (exact) mass is 409 g/mol. The molecule has 1 unspecified atom stereocenters. The first-order valence-corrected chi connectivity index (χ1v) is 10.7. The fourth-order valence-corrected chi connectivity index (χ4v) is 4.67. The van der Waals surface area contributed by atoms with E-state index in [-0.39, 0.29) is 0 Å². The highest BCUT2D eigenvalue weighted by Gasteiger charge is 2.14. The summed E-state index contributed by atoms with van der Waals surface area (Å²) in [5.74, 6) is 0.535. The van der Waals surface area contributed by atoms with Gasteiger partial charge in [-0.3, -0.25) is 4.98 Å². The fraction of sp³-hybridized carbons (Fsp3) is 0.261. The third kappa shape index (κ3) is 4.00. The van der Waals surface area contributed by atoms with Crippen LogP contribution in [0.1, 0.15) is 6.92 Å². The molecule has 0 amide bonds. The Labute approximate surface area is 175 Å². The van der Waals surface area contributed by atoms with Gasteiger partial charge in [0.05, 0.1) is 5.52 Å². The van der Waals surface area contributed by atoms with Crippen LogP contribution in [0.4, 0.5) is 0 Å². The Hall–Kier alpha value is -2.14. The maximum Gasteiger partial charge on any atom is 0.0501 e. The number of nitrogens with zero attached hydrogens (tertiary/aromatic N) is 3. The van der Waals surface area contributed by atoms with Gasteiger partial charge in [-0.2, -0.15) is 11.3 Å². The Bertz CT molecular complexity index is 1080. The molecule has 1 aromatic carbocycles. The molecule has 0 spiro atoms. The van der Waals surface area contributed by atoms with E-state index < -0.39 is 0 Å². The van der Waals surface area contributed by atoms with Crippen LogP contribution in [0.15, 0.2) is 59.7 Å². The maximum absolute atomic E-state index is 6.33. The van der Waals surface area contributed by atoms with Crippen LogP contribution in [0.3, 0.4) is 0 Å². The van der Waals surface area contributed by atoms with Gasteiger partial charge in [0.2, 0.25) is 0 Å². The van der Waals surface area contributed by atoms with Crippen molar-refractivity contribution in [2.24, 2.45) is 5.92 Å². The summed E-state index contributed by atoms with van der Waals surface area (Å²) in [6.45, 7) is 4.28. The quantitative estimate of drug-likeness (QED) is 0.373. The second-order valence-electron chi connectivity index (χ2n) is 7.70. The minimum atomic E-state index is 0.535. The average Bonchev–Trinajstić information content (AvgIpc) is 3.30. The number of pyridine rings is 1. The summed E-state index contributed by atoms with van der Waals surface area (Å²) in [5.41, 5.74) is 5.87. The summed E-state index contributed by atoms with van der Waals surface area (Å²) in [6.07, 6.45) is 6.13. The predicted octanol–water partition coefficient (Wildman–Crippen LogP) is 6.28. The molecule has 3 heterocycles. The molecule has 0 N–H and O–H groups in total. The summed E-state index contributed by atoms with van der Waals surface area (Å²) in [5, 5.41) is 6.24. The van der Waals surface area contributed by atoms with Gasteiger partial charge in [0.15, 0.2) is 0 Å². The molecule has 0 aliphatic rings. The van der Waals surface area contributed by atoms with E-state index in [0.29, 0.717) is 5.92 Å². The molecule has 0 saturated carbocycles. The van der Waals surface area contributed by atoms with Crippen molar-refractivity contribution in [2.45, 2.75) is 13.5 Å². The Morgan fingerprint density at radius 2 is 1.93 bits per heavy atom. The van der Waals surface area contributed by atoms with Gasteiger partial charge in [-0.05, 0) is 60.6 Å². The van der Waals surface area contributed by atoms with Crippen molar-refractivity contribution in [1.82, 2.24) is 14.5 Å². The molecule has 1 atom stereocenters. The van der Waals surface area contributed by atoms with Crippen molar-refractivity contribution in [1.29, 1.82) is 0 Å². The van der Waals surface area contributed by atoms with Crippen LogP contribution < -0.4 is 0 Å². The number of benzene rings is 1. The standard InChI is InChI=1S/C23H24ClN3S/c1-16(12-26(2)3)13-27-14-22(21-5-4-20(24)9-23(21)27)19-8-18(10-25-11-19)17-6-7-28-15-17/h4-11,14-16H,12-13H2,1-3H3. The third-order valence-corrected chi connectivity index (χ3v) is 5.85. The number of fused-ring (bicyclic) bond motifs is 1. The minimum Gasteiger partial charge on any atom is -0.346 e. The van der Waals surface area contributed by atoms with Crippen LogP contribution in [-0.4, -0.2) is 35.1 Å². The molecule has 0 radical (unpaired) electrons. The van der Waals surface area contributed by atoms with Gasteiger partial charge in [0.25, 0.3) is 0 Å². The molecule has 4 rings (SSSR count). The summed E-state index contributed by atoms with van der Waals surface area (Å²) in [4.78, 5) is 6.75. The molecule has 144 valence electrons. The van der Waals surface area contributed by atoms with Crippen LogP contribution in [0.25, 0.3) is 33.2 Å². The van der Waals surface area contributed by atoms with Gasteiger partial charge in [-0.1, -0.05) is 24.6 Å². The van der Waals surface area contributed by atoms with E-state index in [9.17, 15) is 0 Å². The van der Waals surface area contributed by atoms with Crippen LogP contribution in [0, 0.1) is 5.92 Å². The topological polar surface area (TPSA) is 21.1 Å². The van der Waals surface area contributed by atoms with E-state index >= 15 is 0 Å². The van der Waals surface area contributed by atoms with Crippen LogP contribution >= 0.6 is 22.9 Å². The SMILES string of the molecule is CC(CN(C)C)Cn1cc(-c2cncc(-c3ccsc3)c2)c2ccc(Cl)cc21. The normalized spacial score (nSPS) is 12.8. The molecule has 4 aromatic rings. The molecule has 3 aromatic heterocycles. The largest absolute Gasteiger partial charge is 0.346 e. The molecule has 0 fully saturated rings. The highest BCUT2D eigenvalue weighted by molar-refractivity contribution is 7.08. The van der Waals surface area contributed by atoms with Gasteiger partial charge in [0.1, 0.15) is 0 Å². The molecule has 0 saturated heterocycles. The van der Waals surface area contributed by atoms with E-state index in [2.05, 4.69) is 76.7 Å². The zero-order chi connectivity index (χ0) is 19.7. The molecular formula is C23H24ClN3S. The lowest BCUT2D eigenvalue weighted by atomic mass is 10.0. The Kier molecular flexibility index (Phi) is 5.54.